The second-order valence-corrected chi connectivity index (χ2v) is 7.43. The smallest absolute Gasteiger partial charge is 0.0494 e. The van der Waals surface area contributed by atoms with E-state index in [0.29, 0.717) is 0 Å². The molecule has 4 aromatic carbocycles. The van der Waals surface area contributed by atoms with Crippen molar-refractivity contribution in [3.8, 4) is 0 Å². The Bertz CT molecular complexity index is 1140. The van der Waals surface area contributed by atoms with Crippen molar-refractivity contribution >= 4 is 29.2 Å². The molecule has 1 aliphatic heterocycles. The van der Waals surface area contributed by atoms with E-state index in [2.05, 4.69) is 120 Å². The van der Waals surface area contributed by atoms with Crippen LogP contribution in [-0.4, -0.2) is 0 Å². The van der Waals surface area contributed by atoms with Crippen LogP contribution in [0.5, 0.6) is 0 Å². The molecule has 0 N–H and O–H groups in total. The molecule has 0 saturated carbocycles. The van der Waals surface area contributed by atoms with Gasteiger partial charge in [0.25, 0.3) is 0 Å². The average Bonchev–Trinajstić information content (AvgIpc) is 2.95. The Balaban J connectivity index is 1.58. The summed E-state index contributed by atoms with van der Waals surface area (Å²) in [5.41, 5.74) is 9.01. The monoisotopic (exact) mass is 373 g/mol. The molecule has 0 unspecified atom stereocenters. The van der Waals surface area contributed by atoms with E-state index in [1.54, 1.807) is 0 Å². The van der Waals surface area contributed by atoms with Crippen molar-refractivity contribution in [2.45, 2.75) is 12.8 Å². The molecule has 0 bridgehead atoms. The summed E-state index contributed by atoms with van der Waals surface area (Å²) in [5, 5.41) is 0. The number of rotatable bonds is 3. The maximum atomic E-state index is 2.41. The van der Waals surface area contributed by atoms with Gasteiger partial charge in [0, 0.05) is 17.1 Å². The highest BCUT2D eigenvalue weighted by atomic mass is 15.1. The van der Waals surface area contributed by atoms with Gasteiger partial charge in [-0.15, -0.1) is 0 Å². The summed E-state index contributed by atoms with van der Waals surface area (Å²) in [6.07, 6.45) is 6.49. The van der Waals surface area contributed by atoms with Crippen LogP contribution in [0.2, 0.25) is 0 Å². The summed E-state index contributed by atoms with van der Waals surface area (Å²) in [5.74, 6) is 0. The van der Waals surface area contributed by atoms with Crippen molar-refractivity contribution in [1.82, 2.24) is 0 Å². The molecule has 1 heteroatoms. The minimum absolute atomic E-state index is 1.04. The van der Waals surface area contributed by atoms with Crippen LogP contribution in [0.4, 0.5) is 17.1 Å². The zero-order valence-corrected chi connectivity index (χ0v) is 16.3. The van der Waals surface area contributed by atoms with Gasteiger partial charge in [-0.2, -0.15) is 0 Å². The Morgan fingerprint density at radius 3 is 1.97 bits per heavy atom. The number of para-hydroxylation sites is 2. The van der Waals surface area contributed by atoms with Gasteiger partial charge in [-0.3, -0.25) is 0 Å². The van der Waals surface area contributed by atoms with Gasteiger partial charge in [0.2, 0.25) is 0 Å². The minimum Gasteiger partial charge on any atom is -0.310 e. The Morgan fingerprint density at radius 1 is 0.517 bits per heavy atom. The van der Waals surface area contributed by atoms with Gasteiger partial charge in [-0.1, -0.05) is 84.9 Å². The summed E-state index contributed by atoms with van der Waals surface area (Å²) in [7, 11) is 0. The summed E-state index contributed by atoms with van der Waals surface area (Å²) < 4.78 is 0. The highest BCUT2D eigenvalue weighted by Crippen LogP contribution is 2.41. The maximum absolute atomic E-state index is 2.41. The Hall–Kier alpha value is -3.58. The van der Waals surface area contributed by atoms with Crippen LogP contribution < -0.4 is 4.90 Å². The number of hydrogen-bond donors (Lipinski definition) is 0. The molecule has 4 aromatic rings. The van der Waals surface area contributed by atoms with Crippen LogP contribution in [0.3, 0.4) is 0 Å². The molecule has 0 fully saturated rings. The fraction of sp³-hybridized carbons (Fsp3) is 0.0714. The van der Waals surface area contributed by atoms with Crippen molar-refractivity contribution in [3.63, 3.8) is 0 Å². The highest BCUT2D eigenvalue weighted by molar-refractivity contribution is 5.82. The molecule has 0 spiro atoms. The summed E-state index contributed by atoms with van der Waals surface area (Å²) in [6.45, 7) is 0. The topological polar surface area (TPSA) is 3.24 Å². The number of nitrogens with zero attached hydrogens (tertiary/aromatic N) is 1. The van der Waals surface area contributed by atoms with Gasteiger partial charge in [-0.05, 0) is 65.4 Å². The van der Waals surface area contributed by atoms with Crippen LogP contribution in [0.1, 0.15) is 22.3 Å². The van der Waals surface area contributed by atoms with Gasteiger partial charge >= 0.3 is 0 Å². The van der Waals surface area contributed by atoms with Gasteiger partial charge in [0.05, 0.1) is 0 Å². The lowest BCUT2D eigenvalue weighted by atomic mass is 10.0. The van der Waals surface area contributed by atoms with Crippen LogP contribution in [-0.2, 0) is 12.8 Å². The van der Waals surface area contributed by atoms with Gasteiger partial charge in [0.1, 0.15) is 0 Å². The van der Waals surface area contributed by atoms with E-state index in [0.717, 1.165) is 12.8 Å². The first kappa shape index (κ1) is 17.5. The SMILES string of the molecule is C(=C\c1ccc2c(c1)CCc1ccccc1N2c1ccccc1)/c1ccccc1. The zero-order valence-electron chi connectivity index (χ0n) is 16.3. The maximum Gasteiger partial charge on any atom is 0.0494 e. The molecule has 0 aromatic heterocycles. The Morgan fingerprint density at radius 2 is 1.14 bits per heavy atom. The lowest BCUT2D eigenvalue weighted by molar-refractivity contribution is 0.977. The van der Waals surface area contributed by atoms with Crippen molar-refractivity contribution in [3.05, 3.63) is 125 Å². The van der Waals surface area contributed by atoms with E-state index in [9.17, 15) is 0 Å². The number of anilines is 3. The second kappa shape index (κ2) is 7.81. The summed E-state index contributed by atoms with van der Waals surface area (Å²) in [6, 6.07) is 36.8. The molecule has 1 aliphatic rings. The van der Waals surface area contributed by atoms with Crippen LogP contribution in [0, 0.1) is 0 Å². The second-order valence-electron chi connectivity index (χ2n) is 7.43. The number of benzene rings is 4. The molecule has 5 rings (SSSR count). The van der Waals surface area contributed by atoms with Crippen molar-refractivity contribution in [2.24, 2.45) is 0 Å². The van der Waals surface area contributed by atoms with Crippen molar-refractivity contribution in [2.75, 3.05) is 4.90 Å². The van der Waals surface area contributed by atoms with Crippen LogP contribution >= 0.6 is 0 Å². The minimum atomic E-state index is 1.04. The normalized spacial score (nSPS) is 13.0. The molecular formula is C28H23N. The largest absolute Gasteiger partial charge is 0.310 e. The Labute approximate surface area is 172 Å². The lowest BCUT2D eigenvalue weighted by Gasteiger charge is -2.27. The van der Waals surface area contributed by atoms with Crippen LogP contribution in [0.25, 0.3) is 12.2 Å². The first-order valence-electron chi connectivity index (χ1n) is 10.2. The first-order chi connectivity index (χ1) is 14.4. The fourth-order valence-corrected chi connectivity index (χ4v) is 4.08. The van der Waals surface area contributed by atoms with Crippen molar-refractivity contribution in [1.29, 1.82) is 0 Å². The average molecular weight is 373 g/mol. The molecule has 0 amide bonds. The molecule has 140 valence electrons. The third-order valence-corrected chi connectivity index (χ3v) is 5.52. The predicted octanol–water partition coefficient (Wildman–Crippen LogP) is 7.43. The number of aryl methyl sites for hydroxylation is 2. The zero-order chi connectivity index (χ0) is 19.5. The standard InChI is InChI=1S/C28H23N/c1-3-9-22(10-4-1)15-16-23-17-20-28-25(21-23)19-18-24-11-7-8-14-27(24)29(28)26-12-5-2-6-13-26/h1-17,20-21H,18-19H2/b16-15+. The molecular weight excluding hydrogens is 350 g/mol. The molecule has 0 radical (unpaired) electrons. The van der Waals surface area contributed by atoms with E-state index in [4.69, 9.17) is 0 Å². The van der Waals surface area contributed by atoms with E-state index < -0.39 is 0 Å². The molecule has 0 atom stereocenters. The predicted molar refractivity (Wildman–Crippen MR) is 124 cm³/mol. The van der Waals surface area contributed by atoms with Gasteiger partial charge < -0.3 is 4.90 Å². The quantitative estimate of drug-likeness (QED) is 0.338. The molecule has 0 saturated heterocycles. The molecule has 0 aliphatic carbocycles. The van der Waals surface area contributed by atoms with E-state index in [-0.39, 0.29) is 0 Å². The van der Waals surface area contributed by atoms with Gasteiger partial charge in [-0.25, -0.2) is 0 Å². The fourth-order valence-electron chi connectivity index (χ4n) is 4.08. The number of hydrogen-bond acceptors (Lipinski definition) is 1. The lowest BCUT2D eigenvalue weighted by Crippen LogP contribution is -2.11. The Kier molecular flexibility index (Phi) is 4.72. The first-order valence-corrected chi connectivity index (χ1v) is 10.2. The van der Waals surface area contributed by atoms with Crippen LogP contribution in [0.15, 0.2) is 103 Å². The van der Waals surface area contributed by atoms with E-state index in [1.165, 1.54) is 39.3 Å². The highest BCUT2D eigenvalue weighted by Gasteiger charge is 2.21. The summed E-state index contributed by atoms with van der Waals surface area (Å²) in [4.78, 5) is 2.41. The third-order valence-electron chi connectivity index (χ3n) is 5.52. The van der Waals surface area contributed by atoms with Gasteiger partial charge in [0.15, 0.2) is 0 Å². The van der Waals surface area contributed by atoms with E-state index in [1.807, 2.05) is 0 Å². The molecule has 1 heterocycles. The third kappa shape index (κ3) is 3.60. The number of fused-ring (bicyclic) bond motifs is 2. The molecule has 1 nitrogen and oxygen atoms in total. The van der Waals surface area contributed by atoms with E-state index >= 15 is 0 Å². The summed E-state index contributed by atoms with van der Waals surface area (Å²) >= 11 is 0. The molecule has 29 heavy (non-hydrogen) atoms. The van der Waals surface area contributed by atoms with Crippen molar-refractivity contribution < 1.29 is 0 Å².